The molecule has 1 fully saturated rings. The summed E-state index contributed by atoms with van der Waals surface area (Å²) in [6.45, 7) is 7.14. The Hall–Kier alpha value is -2.08. The zero-order valence-electron chi connectivity index (χ0n) is 14.0. The first kappa shape index (κ1) is 17.3. The number of benzene rings is 1. The minimum atomic E-state index is -0.235. The lowest BCUT2D eigenvalue weighted by molar-refractivity contribution is -0.117. The lowest BCUT2D eigenvalue weighted by Crippen LogP contribution is -2.46. The first-order valence-corrected chi connectivity index (χ1v) is 8.00. The third-order valence-corrected chi connectivity index (χ3v) is 4.29. The molecule has 1 saturated heterocycles. The molecule has 6 heteroatoms. The highest BCUT2D eigenvalue weighted by atomic mass is 16.3. The average molecular weight is 319 g/mol. The Morgan fingerprint density at radius 2 is 2.13 bits per heavy atom. The molecule has 126 valence electrons. The van der Waals surface area contributed by atoms with Gasteiger partial charge in [0.25, 0.3) is 0 Å². The Labute approximate surface area is 137 Å². The molecule has 0 unspecified atom stereocenters. The molecule has 2 rings (SSSR count). The molecule has 1 atom stereocenters. The summed E-state index contributed by atoms with van der Waals surface area (Å²) in [5, 5.41) is 11.9. The van der Waals surface area contributed by atoms with Crippen LogP contribution in [0.5, 0.6) is 0 Å². The van der Waals surface area contributed by atoms with Crippen molar-refractivity contribution in [3.63, 3.8) is 0 Å². The third kappa shape index (κ3) is 4.01. The fourth-order valence-corrected chi connectivity index (χ4v) is 2.74. The summed E-state index contributed by atoms with van der Waals surface area (Å²) in [6.07, 6.45) is 0.301. The molecule has 0 radical (unpaired) electrons. The summed E-state index contributed by atoms with van der Waals surface area (Å²) < 4.78 is 0. The van der Waals surface area contributed by atoms with Crippen LogP contribution in [0, 0.1) is 13.8 Å². The van der Waals surface area contributed by atoms with E-state index < -0.39 is 0 Å². The van der Waals surface area contributed by atoms with Crippen LogP contribution in [0.4, 0.5) is 10.5 Å². The monoisotopic (exact) mass is 319 g/mol. The normalized spacial score (nSPS) is 17.5. The highest BCUT2D eigenvalue weighted by Gasteiger charge is 2.32. The highest BCUT2D eigenvalue weighted by molar-refractivity contribution is 5.96. The summed E-state index contributed by atoms with van der Waals surface area (Å²) in [5.41, 5.74) is 3.20. The second kappa shape index (κ2) is 7.46. The van der Waals surface area contributed by atoms with Crippen molar-refractivity contribution in [3.8, 4) is 0 Å². The summed E-state index contributed by atoms with van der Waals surface area (Å²) in [5.74, 6) is 0.0174. The van der Waals surface area contributed by atoms with Crippen molar-refractivity contribution in [1.82, 2.24) is 10.2 Å². The Morgan fingerprint density at radius 3 is 2.74 bits per heavy atom. The second-order valence-corrected chi connectivity index (χ2v) is 5.93. The zero-order chi connectivity index (χ0) is 17.0. The van der Waals surface area contributed by atoms with E-state index in [1.54, 1.807) is 4.90 Å². The Kier molecular flexibility index (Phi) is 5.60. The van der Waals surface area contributed by atoms with Gasteiger partial charge >= 0.3 is 6.03 Å². The van der Waals surface area contributed by atoms with Gasteiger partial charge in [-0.2, -0.15) is 0 Å². The lowest BCUT2D eigenvalue weighted by Gasteiger charge is -2.23. The van der Waals surface area contributed by atoms with E-state index in [4.69, 9.17) is 5.11 Å². The maximum atomic E-state index is 12.2. The van der Waals surface area contributed by atoms with Crippen LogP contribution < -0.4 is 10.2 Å². The van der Waals surface area contributed by atoms with Crippen LogP contribution in [0.1, 0.15) is 24.5 Å². The molecule has 1 heterocycles. The number of likely N-dealkylation sites (N-methyl/N-ethyl adjacent to an activating group) is 1. The molecule has 0 aromatic heterocycles. The van der Waals surface area contributed by atoms with Crippen molar-refractivity contribution in [2.45, 2.75) is 33.2 Å². The molecule has 0 spiro atoms. The predicted molar refractivity (Wildman–Crippen MR) is 89.5 cm³/mol. The number of rotatable bonds is 5. The second-order valence-electron chi connectivity index (χ2n) is 5.93. The molecular formula is C17H25N3O3. The van der Waals surface area contributed by atoms with E-state index in [9.17, 15) is 9.59 Å². The van der Waals surface area contributed by atoms with E-state index in [0.29, 0.717) is 26.1 Å². The summed E-state index contributed by atoms with van der Waals surface area (Å²) in [4.78, 5) is 27.6. The lowest BCUT2D eigenvalue weighted by atomic mass is 10.1. The van der Waals surface area contributed by atoms with Crippen molar-refractivity contribution in [2.75, 3.05) is 31.1 Å². The van der Waals surface area contributed by atoms with Crippen molar-refractivity contribution in [3.05, 3.63) is 29.3 Å². The van der Waals surface area contributed by atoms with Crippen LogP contribution in [-0.2, 0) is 4.79 Å². The molecule has 1 aromatic carbocycles. The highest BCUT2D eigenvalue weighted by Crippen LogP contribution is 2.24. The van der Waals surface area contributed by atoms with Crippen LogP contribution in [-0.4, -0.2) is 54.2 Å². The topological polar surface area (TPSA) is 72.9 Å². The van der Waals surface area contributed by atoms with Gasteiger partial charge in [-0.25, -0.2) is 4.79 Å². The molecule has 1 aromatic rings. The molecular weight excluding hydrogens is 294 g/mol. The molecule has 6 nitrogen and oxygen atoms in total. The van der Waals surface area contributed by atoms with Gasteiger partial charge in [0.05, 0.1) is 12.6 Å². The molecule has 0 saturated carbocycles. The smallest absolute Gasteiger partial charge is 0.317 e. The van der Waals surface area contributed by atoms with Crippen LogP contribution in [0.2, 0.25) is 0 Å². The Bertz CT molecular complexity index is 588. The number of carbonyl (C=O) groups excluding carboxylic acids is 2. The number of carbonyl (C=O) groups is 2. The predicted octanol–water partition coefficient (Wildman–Crippen LogP) is 1.43. The number of aryl methyl sites for hydroxylation is 2. The van der Waals surface area contributed by atoms with Gasteiger partial charge in [0.1, 0.15) is 0 Å². The molecule has 2 N–H and O–H groups in total. The fraction of sp³-hybridized carbons (Fsp3) is 0.529. The van der Waals surface area contributed by atoms with Crippen molar-refractivity contribution in [2.24, 2.45) is 0 Å². The van der Waals surface area contributed by atoms with Crippen LogP contribution in [0.25, 0.3) is 0 Å². The number of nitrogens with one attached hydrogen (secondary N) is 1. The summed E-state index contributed by atoms with van der Waals surface area (Å²) >= 11 is 0. The van der Waals surface area contributed by atoms with Crippen LogP contribution in [0.15, 0.2) is 18.2 Å². The molecule has 0 bridgehead atoms. The van der Waals surface area contributed by atoms with Gasteiger partial charge in [-0.05, 0) is 44.0 Å². The zero-order valence-corrected chi connectivity index (χ0v) is 14.0. The van der Waals surface area contributed by atoms with E-state index in [2.05, 4.69) is 5.32 Å². The standard InChI is InChI=1S/C17H25N3O3/c1-4-19(7-8-21)17(23)18-14-10-16(22)20(11-14)15-6-5-12(2)13(3)9-15/h5-6,9,14,21H,4,7-8,10-11H2,1-3H3,(H,18,23)/t14-/m1/s1. The molecule has 1 aliphatic heterocycles. The molecule has 3 amide bonds. The molecule has 23 heavy (non-hydrogen) atoms. The average Bonchev–Trinajstić information content (AvgIpc) is 2.88. The minimum absolute atomic E-state index is 0.0174. The Morgan fingerprint density at radius 1 is 1.39 bits per heavy atom. The first-order chi connectivity index (χ1) is 11.0. The number of nitrogens with zero attached hydrogens (tertiary/aromatic N) is 2. The van der Waals surface area contributed by atoms with E-state index >= 15 is 0 Å². The van der Waals surface area contributed by atoms with Gasteiger partial charge in [0.2, 0.25) is 5.91 Å². The van der Waals surface area contributed by atoms with Gasteiger partial charge in [0, 0.05) is 31.7 Å². The van der Waals surface area contributed by atoms with Crippen molar-refractivity contribution in [1.29, 1.82) is 0 Å². The van der Waals surface area contributed by atoms with E-state index in [-0.39, 0.29) is 24.6 Å². The number of aliphatic hydroxyl groups excluding tert-OH is 1. The fourth-order valence-electron chi connectivity index (χ4n) is 2.74. The van der Waals surface area contributed by atoms with Crippen LogP contribution in [0.3, 0.4) is 0 Å². The number of amides is 3. The number of urea groups is 1. The van der Waals surface area contributed by atoms with Gasteiger partial charge in [-0.15, -0.1) is 0 Å². The van der Waals surface area contributed by atoms with Gasteiger partial charge in [-0.3, -0.25) is 4.79 Å². The van der Waals surface area contributed by atoms with Gasteiger partial charge in [0.15, 0.2) is 0 Å². The maximum Gasteiger partial charge on any atom is 0.317 e. The first-order valence-electron chi connectivity index (χ1n) is 8.00. The largest absolute Gasteiger partial charge is 0.395 e. The van der Waals surface area contributed by atoms with Crippen molar-refractivity contribution >= 4 is 17.6 Å². The van der Waals surface area contributed by atoms with Crippen molar-refractivity contribution < 1.29 is 14.7 Å². The quantitative estimate of drug-likeness (QED) is 0.862. The molecule has 0 aliphatic carbocycles. The molecule has 1 aliphatic rings. The van der Waals surface area contributed by atoms with Crippen LogP contribution >= 0.6 is 0 Å². The van der Waals surface area contributed by atoms with Gasteiger partial charge < -0.3 is 20.2 Å². The third-order valence-electron chi connectivity index (χ3n) is 4.29. The number of aliphatic hydroxyl groups is 1. The van der Waals surface area contributed by atoms with Gasteiger partial charge in [-0.1, -0.05) is 6.07 Å². The summed E-state index contributed by atoms with van der Waals surface area (Å²) in [6, 6.07) is 5.51. The maximum absolute atomic E-state index is 12.2. The van der Waals surface area contributed by atoms with E-state index in [1.807, 2.05) is 39.0 Å². The van der Waals surface area contributed by atoms with E-state index in [1.165, 1.54) is 10.5 Å². The number of anilines is 1. The number of hydrogen-bond acceptors (Lipinski definition) is 3. The minimum Gasteiger partial charge on any atom is -0.395 e. The number of hydrogen-bond donors (Lipinski definition) is 2. The summed E-state index contributed by atoms with van der Waals surface area (Å²) in [7, 11) is 0. The van der Waals surface area contributed by atoms with E-state index in [0.717, 1.165) is 11.3 Å². The SMILES string of the molecule is CCN(CCO)C(=O)N[C@@H]1CC(=O)N(c2ccc(C)c(C)c2)C1. The Balaban J connectivity index is 2.02.